The highest BCUT2D eigenvalue weighted by Gasteiger charge is 2.48. The summed E-state index contributed by atoms with van der Waals surface area (Å²) in [7, 11) is 0. The molecule has 0 atom stereocenters. The zero-order valence-corrected chi connectivity index (χ0v) is 38.4. The average Bonchev–Trinajstić information content (AvgIpc) is 4.00. The van der Waals surface area contributed by atoms with E-state index in [9.17, 15) is 0 Å². The smallest absolute Gasteiger partial charge is 0.343 e. The number of thiophene rings is 2. The van der Waals surface area contributed by atoms with Crippen molar-refractivity contribution in [2.24, 2.45) is 0 Å². The van der Waals surface area contributed by atoms with Crippen molar-refractivity contribution in [3.8, 4) is 16.8 Å². The van der Waals surface area contributed by atoms with Gasteiger partial charge >= 0.3 is 6.85 Å². The number of aromatic nitrogens is 1. The third-order valence-electron chi connectivity index (χ3n) is 14.0. The Morgan fingerprint density at radius 1 is 0.532 bits per heavy atom. The Morgan fingerprint density at radius 3 is 1.92 bits per heavy atom. The van der Waals surface area contributed by atoms with Crippen molar-refractivity contribution in [1.82, 2.24) is 4.57 Å². The van der Waals surface area contributed by atoms with Crippen LogP contribution in [0.1, 0.15) is 79.0 Å². The van der Waals surface area contributed by atoms with Crippen LogP contribution >= 0.6 is 22.7 Å². The number of para-hydroxylation sites is 1. The molecule has 302 valence electrons. The van der Waals surface area contributed by atoms with E-state index in [1.165, 1.54) is 118 Å². The molecule has 0 saturated heterocycles. The normalized spacial score (nSPS) is 14.1. The molecule has 0 aliphatic carbocycles. The Kier molecular flexibility index (Phi) is 7.12. The Morgan fingerprint density at radius 2 is 1.18 bits per heavy atom. The predicted octanol–water partition coefficient (Wildman–Crippen LogP) is 15.4. The molecule has 11 aromatic rings. The fourth-order valence-corrected chi connectivity index (χ4v) is 13.2. The summed E-state index contributed by atoms with van der Waals surface area (Å²) >= 11 is 3.88. The van der Waals surface area contributed by atoms with Crippen molar-refractivity contribution in [3.05, 3.63) is 138 Å². The van der Waals surface area contributed by atoms with E-state index in [2.05, 4.69) is 193 Å². The highest BCUT2D eigenvalue weighted by molar-refractivity contribution is 7.32. The molecule has 0 fully saturated rings. The van der Waals surface area contributed by atoms with Crippen molar-refractivity contribution >= 4 is 125 Å². The number of fused-ring (bicyclic) bond motifs is 18. The largest absolute Gasteiger partial charge is 0.455 e. The summed E-state index contributed by atoms with van der Waals surface area (Å²) in [6.07, 6.45) is 0. The molecule has 2 aliphatic heterocycles. The third-order valence-corrected chi connectivity index (χ3v) is 16.4. The minimum Gasteiger partial charge on any atom is -0.455 e. The standard InChI is InChI=1S/C56H47BN2OS2/c1-54(2,3)30-18-22-33(23-19-30)59-41-28-36-34-14-11-13-17-43(34)61-45(36)29-38(41)46-47-35-15-10-12-16-42(35)60-52(47)48-37-26-31(55(4,5)6)20-24-40(37)58-50-39-27-32(56(7,8)9)21-25-44(39)62-53(50)57(59)49(46)51(48)58/h10-29H,1-9H3. The zero-order valence-electron chi connectivity index (χ0n) is 36.7. The molecule has 0 unspecified atom stereocenters. The molecule has 0 bridgehead atoms. The molecular formula is C56H47BN2OS2. The van der Waals surface area contributed by atoms with Gasteiger partial charge in [0.1, 0.15) is 11.2 Å². The Hall–Kier alpha value is -5.82. The van der Waals surface area contributed by atoms with Gasteiger partial charge in [-0.1, -0.05) is 123 Å². The topological polar surface area (TPSA) is 21.3 Å². The molecule has 4 aromatic heterocycles. The van der Waals surface area contributed by atoms with E-state index in [0.29, 0.717) is 0 Å². The molecule has 0 radical (unpaired) electrons. The Labute approximate surface area is 370 Å². The second-order valence-electron chi connectivity index (χ2n) is 20.9. The van der Waals surface area contributed by atoms with Gasteiger partial charge in [0, 0.05) is 68.1 Å². The lowest BCUT2D eigenvalue weighted by atomic mass is 9.47. The van der Waals surface area contributed by atoms with Gasteiger partial charge < -0.3 is 13.8 Å². The van der Waals surface area contributed by atoms with E-state index in [1.54, 1.807) is 0 Å². The molecule has 0 saturated carbocycles. The maximum Gasteiger partial charge on any atom is 0.343 e. The molecule has 2 aliphatic rings. The van der Waals surface area contributed by atoms with Gasteiger partial charge in [-0.3, -0.25) is 0 Å². The van der Waals surface area contributed by atoms with Crippen LogP contribution in [0.4, 0.5) is 11.4 Å². The van der Waals surface area contributed by atoms with Gasteiger partial charge in [0.2, 0.25) is 0 Å². The number of hydrogen-bond acceptors (Lipinski definition) is 4. The summed E-state index contributed by atoms with van der Waals surface area (Å²) in [5.41, 5.74) is 16.1. The summed E-state index contributed by atoms with van der Waals surface area (Å²) < 4.78 is 15.2. The van der Waals surface area contributed by atoms with Crippen molar-refractivity contribution in [2.75, 3.05) is 4.81 Å². The Balaban J connectivity index is 1.29. The second-order valence-corrected chi connectivity index (χ2v) is 23.1. The molecule has 13 rings (SSSR count). The van der Waals surface area contributed by atoms with Gasteiger partial charge in [-0.15, -0.1) is 22.7 Å². The van der Waals surface area contributed by atoms with Gasteiger partial charge in [0.05, 0.1) is 22.1 Å². The molecule has 0 N–H and O–H groups in total. The summed E-state index contributed by atoms with van der Waals surface area (Å²) in [5, 5.41) is 8.80. The van der Waals surface area contributed by atoms with Crippen LogP contribution in [0.15, 0.2) is 126 Å². The first-order valence-corrected chi connectivity index (χ1v) is 23.7. The highest BCUT2D eigenvalue weighted by atomic mass is 32.1. The molecule has 6 heterocycles. The highest BCUT2D eigenvalue weighted by Crippen LogP contribution is 2.54. The summed E-state index contributed by atoms with van der Waals surface area (Å²) in [5.74, 6) is 0. The van der Waals surface area contributed by atoms with Gasteiger partial charge in [0.25, 0.3) is 0 Å². The number of rotatable bonds is 1. The van der Waals surface area contributed by atoms with Crippen LogP contribution in [-0.2, 0) is 16.2 Å². The minimum atomic E-state index is -0.0923. The van der Waals surface area contributed by atoms with Crippen LogP contribution in [0.2, 0.25) is 0 Å². The predicted molar refractivity (Wildman–Crippen MR) is 271 cm³/mol. The van der Waals surface area contributed by atoms with Crippen molar-refractivity contribution in [3.63, 3.8) is 0 Å². The summed E-state index contributed by atoms with van der Waals surface area (Å²) in [6.45, 7) is 20.8. The van der Waals surface area contributed by atoms with E-state index < -0.39 is 0 Å². The maximum atomic E-state index is 7.24. The molecule has 7 aromatic carbocycles. The average molecular weight is 839 g/mol. The number of anilines is 2. The number of nitrogens with zero attached hydrogens (tertiary/aromatic N) is 2. The van der Waals surface area contributed by atoms with E-state index in [0.717, 1.165) is 11.2 Å². The second kappa shape index (κ2) is 12.0. The monoisotopic (exact) mass is 838 g/mol. The molecule has 3 nitrogen and oxygen atoms in total. The minimum absolute atomic E-state index is 0.00181. The summed E-state index contributed by atoms with van der Waals surface area (Å²) in [6, 6.07) is 46.7. The Bertz CT molecular complexity index is 3760. The first-order chi connectivity index (χ1) is 29.6. The lowest BCUT2D eigenvalue weighted by Gasteiger charge is -2.41. The van der Waals surface area contributed by atoms with Crippen LogP contribution in [0.5, 0.6) is 0 Å². The molecule has 0 spiro atoms. The van der Waals surface area contributed by atoms with E-state index in [4.69, 9.17) is 4.42 Å². The lowest BCUT2D eigenvalue weighted by molar-refractivity contribution is 0.590. The number of benzene rings is 7. The quantitative estimate of drug-likeness (QED) is 0.154. The van der Waals surface area contributed by atoms with Gasteiger partial charge in [-0.05, 0) is 105 Å². The van der Waals surface area contributed by atoms with Crippen LogP contribution in [-0.4, -0.2) is 11.4 Å². The zero-order chi connectivity index (χ0) is 42.4. The van der Waals surface area contributed by atoms with Crippen molar-refractivity contribution in [2.45, 2.75) is 78.6 Å². The number of furan rings is 1. The first kappa shape index (κ1) is 36.8. The van der Waals surface area contributed by atoms with Crippen LogP contribution in [0.25, 0.3) is 90.8 Å². The first-order valence-electron chi connectivity index (χ1n) is 22.0. The lowest BCUT2D eigenvalue weighted by Crippen LogP contribution is -2.59. The van der Waals surface area contributed by atoms with Crippen molar-refractivity contribution < 1.29 is 4.42 Å². The van der Waals surface area contributed by atoms with Crippen LogP contribution in [0, 0.1) is 0 Å². The fraction of sp³-hybridized carbons (Fsp3) is 0.214. The fourth-order valence-electron chi connectivity index (χ4n) is 10.8. The molecule has 6 heteroatoms. The SMILES string of the molecule is CC(C)(C)c1ccc(N2B3c4sc5ccc(C(C)(C)C)cc5c4-n4c5ccc(C(C)(C)C)cc5c5c6oc7ccccc7c6c(c3c54)-c3cc4sc5ccccc5c4cc32)cc1. The van der Waals surface area contributed by atoms with Gasteiger partial charge in [0.15, 0.2) is 0 Å². The third kappa shape index (κ3) is 4.83. The summed E-state index contributed by atoms with van der Waals surface area (Å²) in [4.78, 5) is 2.71. The van der Waals surface area contributed by atoms with Crippen molar-refractivity contribution in [1.29, 1.82) is 0 Å². The van der Waals surface area contributed by atoms with Crippen LogP contribution < -0.4 is 15.1 Å². The van der Waals surface area contributed by atoms with Crippen LogP contribution in [0.3, 0.4) is 0 Å². The van der Waals surface area contributed by atoms with E-state index in [-0.39, 0.29) is 23.1 Å². The van der Waals surface area contributed by atoms with Gasteiger partial charge in [-0.25, -0.2) is 0 Å². The number of hydrogen-bond donors (Lipinski definition) is 0. The van der Waals surface area contributed by atoms with E-state index >= 15 is 0 Å². The van der Waals surface area contributed by atoms with E-state index in [1.807, 2.05) is 22.7 Å². The van der Waals surface area contributed by atoms with Gasteiger partial charge in [-0.2, -0.15) is 0 Å². The molecule has 62 heavy (non-hydrogen) atoms. The maximum absolute atomic E-state index is 7.24. The molecular weight excluding hydrogens is 792 g/mol. The molecule has 0 amide bonds.